The number of hydrogen-bond acceptors (Lipinski definition) is 6. The Morgan fingerprint density at radius 2 is 1.77 bits per heavy atom. The van der Waals surface area contributed by atoms with Crippen molar-refractivity contribution in [1.29, 1.82) is 0 Å². The number of aliphatic hydroxyl groups excluding tert-OH is 1. The summed E-state index contributed by atoms with van der Waals surface area (Å²) in [7, 11) is 0. The number of benzene rings is 2. The van der Waals surface area contributed by atoms with Crippen LogP contribution in [0.2, 0.25) is 0 Å². The van der Waals surface area contributed by atoms with Crippen LogP contribution in [0.25, 0.3) is 11.1 Å². The first kappa shape index (κ1) is 30.6. The summed E-state index contributed by atoms with van der Waals surface area (Å²) in [5, 5.41) is 19.8. The minimum Gasteiger partial charge on any atom is -0.382 e. The highest BCUT2D eigenvalue weighted by Crippen LogP contribution is 2.23. The third-order valence-corrected chi connectivity index (χ3v) is 6.72. The molecule has 0 aliphatic heterocycles. The van der Waals surface area contributed by atoms with E-state index >= 15 is 0 Å². The van der Waals surface area contributed by atoms with Gasteiger partial charge in [0.25, 0.3) is 11.8 Å². The summed E-state index contributed by atoms with van der Waals surface area (Å²) in [6.07, 6.45) is -0.364. The Hall–Kier alpha value is -3.96. The van der Waals surface area contributed by atoms with Crippen molar-refractivity contribution in [1.82, 2.24) is 5.32 Å². The Labute approximate surface area is 235 Å². The average Bonchev–Trinajstić information content (AvgIpc) is 3.46. The molecule has 0 fully saturated rings. The molecular formula is C30H32F2N4O3S. The first-order valence-electron chi connectivity index (χ1n) is 12.4. The number of nitrogens with two attached hydrogens (primary N) is 2. The maximum atomic E-state index is 13.5. The molecule has 0 aliphatic carbocycles. The van der Waals surface area contributed by atoms with Crippen molar-refractivity contribution in [2.45, 2.75) is 31.0 Å². The van der Waals surface area contributed by atoms with Crippen molar-refractivity contribution < 1.29 is 23.5 Å². The zero-order chi connectivity index (χ0) is 29.2. The molecule has 0 saturated heterocycles. The molecule has 2 amide bonds. The number of nitrogens with one attached hydrogen (secondary N) is 2. The van der Waals surface area contributed by atoms with Gasteiger partial charge in [-0.1, -0.05) is 43.5 Å². The molecule has 3 atom stereocenters. The normalized spacial score (nSPS) is 13.7. The first-order chi connectivity index (χ1) is 19.0. The number of amides is 2. The fourth-order valence-electron chi connectivity index (χ4n) is 3.91. The Bertz CT molecular complexity index is 1370. The van der Waals surface area contributed by atoms with Crippen LogP contribution in [0.4, 0.5) is 14.5 Å². The highest BCUT2D eigenvalue weighted by molar-refractivity contribution is 7.08. The van der Waals surface area contributed by atoms with Crippen LogP contribution in [0.3, 0.4) is 0 Å². The maximum absolute atomic E-state index is 13.5. The highest BCUT2D eigenvalue weighted by atomic mass is 32.1. The Morgan fingerprint density at radius 3 is 2.40 bits per heavy atom. The minimum atomic E-state index is -1.49. The molecule has 210 valence electrons. The minimum absolute atomic E-state index is 0.0272. The fourth-order valence-corrected chi connectivity index (χ4v) is 4.58. The first-order valence-corrected chi connectivity index (χ1v) is 13.4. The van der Waals surface area contributed by atoms with Crippen molar-refractivity contribution in [2.75, 3.05) is 11.9 Å². The fraction of sp³-hybridized carbons (Fsp3) is 0.200. The topological polar surface area (TPSA) is 130 Å². The van der Waals surface area contributed by atoms with E-state index < -0.39 is 41.7 Å². The highest BCUT2D eigenvalue weighted by Gasteiger charge is 2.23. The van der Waals surface area contributed by atoms with E-state index in [9.17, 15) is 23.5 Å². The summed E-state index contributed by atoms with van der Waals surface area (Å²) in [4.78, 5) is 25.3. The van der Waals surface area contributed by atoms with Gasteiger partial charge in [0.1, 0.15) is 17.8 Å². The third-order valence-electron chi connectivity index (χ3n) is 6.03. The summed E-state index contributed by atoms with van der Waals surface area (Å²) >= 11 is 1.61. The lowest BCUT2D eigenvalue weighted by Gasteiger charge is -2.19. The summed E-state index contributed by atoms with van der Waals surface area (Å²) in [5.41, 5.74) is 15.6. The summed E-state index contributed by atoms with van der Waals surface area (Å²) in [6, 6.07) is 14.3. The van der Waals surface area contributed by atoms with Crippen molar-refractivity contribution in [3.05, 3.63) is 113 Å². The molecule has 7 nitrogen and oxygen atoms in total. The van der Waals surface area contributed by atoms with Gasteiger partial charge < -0.3 is 27.2 Å². The van der Waals surface area contributed by atoms with E-state index in [1.165, 1.54) is 12.1 Å². The summed E-state index contributed by atoms with van der Waals surface area (Å²) in [6.45, 7) is 6.18. The second kappa shape index (κ2) is 14.4. The lowest BCUT2D eigenvalue weighted by atomic mass is 9.99. The van der Waals surface area contributed by atoms with Gasteiger partial charge in [0.2, 0.25) is 0 Å². The standard InChI is InChI=1S/C30H32F2N4O3S/c1-18(31)12-24(19(2)32)14-25(33)16-35-29(38)22-4-3-5-26(15-22)36-30(39)28(37)27(34)13-20-6-8-21(9-7-20)23-10-11-40-17-23/h3-12,15,17,25,27-28,37H,1-2,13-14,16,33-34H2,(H,35,38)(H,36,39)/b24-12-. The lowest BCUT2D eigenvalue weighted by molar-refractivity contribution is -0.124. The van der Waals surface area contributed by atoms with E-state index in [0.29, 0.717) is 0 Å². The number of thiophene rings is 1. The number of carbonyl (C=O) groups excluding carboxylic acids is 2. The Morgan fingerprint density at radius 1 is 1.05 bits per heavy atom. The molecule has 3 unspecified atom stereocenters. The molecule has 3 aromatic rings. The molecule has 0 radical (unpaired) electrons. The van der Waals surface area contributed by atoms with Gasteiger partial charge in [0, 0.05) is 29.9 Å². The van der Waals surface area contributed by atoms with Gasteiger partial charge in [0.05, 0.1) is 0 Å². The Balaban J connectivity index is 1.53. The van der Waals surface area contributed by atoms with Crippen LogP contribution in [-0.2, 0) is 11.2 Å². The van der Waals surface area contributed by atoms with Gasteiger partial charge in [0.15, 0.2) is 0 Å². The van der Waals surface area contributed by atoms with E-state index in [-0.39, 0.29) is 36.2 Å². The van der Waals surface area contributed by atoms with E-state index in [1.54, 1.807) is 23.5 Å². The van der Waals surface area contributed by atoms with Crippen LogP contribution in [0.1, 0.15) is 22.3 Å². The van der Waals surface area contributed by atoms with Crippen LogP contribution in [-0.4, -0.2) is 41.7 Å². The van der Waals surface area contributed by atoms with E-state index in [2.05, 4.69) is 29.2 Å². The van der Waals surface area contributed by atoms with Gasteiger partial charge in [-0.3, -0.25) is 9.59 Å². The van der Waals surface area contributed by atoms with Crippen LogP contribution < -0.4 is 22.1 Å². The van der Waals surface area contributed by atoms with Gasteiger partial charge in [-0.25, -0.2) is 8.78 Å². The molecule has 3 rings (SSSR count). The number of carbonyl (C=O) groups is 2. The van der Waals surface area contributed by atoms with E-state index in [1.807, 2.05) is 35.7 Å². The predicted molar refractivity (Wildman–Crippen MR) is 156 cm³/mol. The van der Waals surface area contributed by atoms with E-state index in [0.717, 1.165) is 22.8 Å². The number of hydrogen-bond donors (Lipinski definition) is 5. The molecule has 1 heterocycles. The van der Waals surface area contributed by atoms with Crippen molar-refractivity contribution in [2.24, 2.45) is 11.5 Å². The molecule has 0 aliphatic rings. The molecule has 2 aromatic carbocycles. The molecule has 7 N–H and O–H groups in total. The SMILES string of the molecule is C=C(F)/C=C(/CC(N)CNC(=O)c1cccc(NC(=O)C(O)C(N)Cc2ccc(-c3ccsc3)cc2)c1)C(=C)F. The number of anilines is 1. The van der Waals surface area contributed by atoms with Gasteiger partial charge in [-0.15, -0.1) is 0 Å². The lowest BCUT2D eigenvalue weighted by Crippen LogP contribution is -2.44. The Kier molecular flexibility index (Phi) is 11.0. The smallest absolute Gasteiger partial charge is 0.254 e. The molecule has 0 bridgehead atoms. The number of rotatable bonds is 13. The van der Waals surface area contributed by atoms with Crippen LogP contribution >= 0.6 is 11.3 Å². The summed E-state index contributed by atoms with van der Waals surface area (Å²) in [5.74, 6) is -2.87. The van der Waals surface area contributed by atoms with Crippen LogP contribution in [0, 0.1) is 0 Å². The average molecular weight is 567 g/mol. The zero-order valence-corrected chi connectivity index (χ0v) is 22.6. The zero-order valence-electron chi connectivity index (χ0n) is 21.8. The third kappa shape index (κ3) is 9.06. The van der Waals surface area contributed by atoms with Crippen LogP contribution in [0.15, 0.2) is 102 Å². The second-order valence-electron chi connectivity index (χ2n) is 9.29. The predicted octanol–water partition coefficient (Wildman–Crippen LogP) is 4.62. The molecule has 10 heteroatoms. The van der Waals surface area contributed by atoms with Crippen molar-refractivity contribution in [3.63, 3.8) is 0 Å². The quantitative estimate of drug-likeness (QED) is 0.193. The maximum Gasteiger partial charge on any atom is 0.254 e. The molecule has 1 aromatic heterocycles. The second-order valence-corrected chi connectivity index (χ2v) is 10.1. The van der Waals surface area contributed by atoms with Crippen molar-refractivity contribution >= 4 is 28.8 Å². The van der Waals surface area contributed by atoms with Gasteiger partial charge >= 0.3 is 0 Å². The molecule has 0 spiro atoms. The monoisotopic (exact) mass is 566 g/mol. The summed E-state index contributed by atoms with van der Waals surface area (Å²) < 4.78 is 26.5. The molecule has 40 heavy (non-hydrogen) atoms. The number of halogens is 2. The molecule has 0 saturated carbocycles. The van der Waals surface area contributed by atoms with Crippen LogP contribution in [0.5, 0.6) is 0 Å². The van der Waals surface area contributed by atoms with Gasteiger partial charge in [-0.2, -0.15) is 11.3 Å². The largest absolute Gasteiger partial charge is 0.382 e. The van der Waals surface area contributed by atoms with Gasteiger partial charge in [-0.05, 0) is 76.2 Å². The van der Waals surface area contributed by atoms with E-state index in [4.69, 9.17) is 11.5 Å². The number of aliphatic hydroxyl groups is 1. The molecular weight excluding hydrogens is 534 g/mol. The van der Waals surface area contributed by atoms with Crippen molar-refractivity contribution in [3.8, 4) is 11.1 Å². The number of allylic oxidation sites excluding steroid dienone is 3.